The molecule has 1 N–H and O–H groups in total. The molecule has 4 heteroatoms. The maximum atomic E-state index is 12.2. The molecule has 0 aromatic rings. The summed E-state index contributed by atoms with van der Waals surface area (Å²) in [4.78, 5) is 25.3. The fourth-order valence-corrected chi connectivity index (χ4v) is 3.13. The average molecular weight is 239 g/mol. The van der Waals surface area contributed by atoms with Crippen LogP contribution in [0.1, 0.15) is 32.1 Å². The molecule has 2 rings (SSSR count). The van der Waals surface area contributed by atoms with Crippen molar-refractivity contribution in [1.82, 2.24) is 4.90 Å². The highest BCUT2D eigenvalue weighted by atomic mass is 16.4. The van der Waals surface area contributed by atoms with Crippen LogP contribution in [-0.4, -0.2) is 41.9 Å². The second kappa shape index (κ2) is 5.17. The SMILES string of the molecule is CN1CCC(C(=O)C2CCC(C(=O)O)CC2)C1. The first-order valence-electron chi connectivity index (χ1n) is 6.53. The molecule has 0 aromatic heterocycles. The van der Waals surface area contributed by atoms with Gasteiger partial charge in [-0.05, 0) is 45.7 Å². The average Bonchev–Trinajstić information content (AvgIpc) is 2.75. The summed E-state index contributed by atoms with van der Waals surface area (Å²) >= 11 is 0. The number of carbonyl (C=O) groups is 2. The van der Waals surface area contributed by atoms with Crippen molar-refractivity contribution in [3.05, 3.63) is 0 Å². The summed E-state index contributed by atoms with van der Waals surface area (Å²) < 4.78 is 0. The van der Waals surface area contributed by atoms with E-state index in [0.717, 1.165) is 32.4 Å². The van der Waals surface area contributed by atoms with Crippen LogP contribution < -0.4 is 0 Å². The molecule has 4 nitrogen and oxygen atoms in total. The molecule has 96 valence electrons. The largest absolute Gasteiger partial charge is 0.481 e. The lowest BCUT2D eigenvalue weighted by molar-refractivity contribution is -0.144. The van der Waals surface area contributed by atoms with Crippen LogP contribution in [0, 0.1) is 17.8 Å². The van der Waals surface area contributed by atoms with E-state index in [0.29, 0.717) is 18.6 Å². The van der Waals surface area contributed by atoms with Crippen molar-refractivity contribution in [1.29, 1.82) is 0 Å². The van der Waals surface area contributed by atoms with Gasteiger partial charge < -0.3 is 10.0 Å². The quantitative estimate of drug-likeness (QED) is 0.808. The van der Waals surface area contributed by atoms with Crippen molar-refractivity contribution >= 4 is 11.8 Å². The summed E-state index contributed by atoms with van der Waals surface area (Å²) in [6.07, 6.45) is 3.88. The number of carbonyl (C=O) groups excluding carboxylic acids is 1. The molecule has 0 bridgehead atoms. The normalized spacial score (nSPS) is 34.8. The smallest absolute Gasteiger partial charge is 0.306 e. The van der Waals surface area contributed by atoms with Crippen molar-refractivity contribution in [2.45, 2.75) is 32.1 Å². The first-order chi connectivity index (χ1) is 8.08. The van der Waals surface area contributed by atoms with Gasteiger partial charge in [-0.3, -0.25) is 9.59 Å². The number of aliphatic carboxylic acids is 1. The topological polar surface area (TPSA) is 57.6 Å². The Kier molecular flexibility index (Phi) is 3.82. The maximum absolute atomic E-state index is 12.2. The first-order valence-corrected chi connectivity index (χ1v) is 6.53. The van der Waals surface area contributed by atoms with Crippen molar-refractivity contribution in [2.75, 3.05) is 20.1 Å². The Bertz CT molecular complexity index is 308. The van der Waals surface area contributed by atoms with Gasteiger partial charge in [0.05, 0.1) is 5.92 Å². The molecule has 0 aromatic carbocycles. The highest BCUT2D eigenvalue weighted by Gasteiger charge is 2.35. The zero-order valence-electron chi connectivity index (χ0n) is 10.4. The van der Waals surface area contributed by atoms with Gasteiger partial charge in [0.1, 0.15) is 5.78 Å². The summed E-state index contributed by atoms with van der Waals surface area (Å²) in [5, 5.41) is 8.92. The van der Waals surface area contributed by atoms with E-state index >= 15 is 0 Å². The lowest BCUT2D eigenvalue weighted by atomic mass is 9.77. The Morgan fingerprint density at radius 2 is 1.59 bits per heavy atom. The van der Waals surface area contributed by atoms with Gasteiger partial charge in [-0.15, -0.1) is 0 Å². The third-order valence-corrected chi connectivity index (χ3v) is 4.27. The van der Waals surface area contributed by atoms with Gasteiger partial charge in [0.2, 0.25) is 0 Å². The molecule has 1 unspecified atom stereocenters. The van der Waals surface area contributed by atoms with Crippen molar-refractivity contribution in [3.8, 4) is 0 Å². The minimum atomic E-state index is -0.698. The molecular weight excluding hydrogens is 218 g/mol. The minimum absolute atomic E-state index is 0.127. The molecule has 0 amide bonds. The summed E-state index contributed by atoms with van der Waals surface area (Å²) in [6, 6.07) is 0. The van der Waals surface area contributed by atoms with Crippen LogP contribution in [0.2, 0.25) is 0 Å². The Balaban J connectivity index is 1.84. The number of hydrogen-bond donors (Lipinski definition) is 1. The van der Waals surface area contributed by atoms with Crippen LogP contribution in [0.4, 0.5) is 0 Å². The molecule has 1 aliphatic carbocycles. The maximum Gasteiger partial charge on any atom is 0.306 e. The molecule has 2 fully saturated rings. The van der Waals surface area contributed by atoms with E-state index in [1.54, 1.807) is 0 Å². The zero-order valence-corrected chi connectivity index (χ0v) is 10.4. The van der Waals surface area contributed by atoms with E-state index in [-0.39, 0.29) is 17.8 Å². The van der Waals surface area contributed by atoms with Crippen LogP contribution >= 0.6 is 0 Å². The fraction of sp³-hybridized carbons (Fsp3) is 0.846. The van der Waals surface area contributed by atoms with Gasteiger partial charge in [-0.2, -0.15) is 0 Å². The Labute approximate surface area is 102 Å². The number of carboxylic acid groups (broad SMARTS) is 1. The van der Waals surface area contributed by atoms with Gasteiger partial charge in [-0.25, -0.2) is 0 Å². The zero-order chi connectivity index (χ0) is 12.4. The predicted molar refractivity (Wildman–Crippen MR) is 63.7 cm³/mol. The molecular formula is C13H21NO3. The van der Waals surface area contributed by atoms with E-state index in [9.17, 15) is 9.59 Å². The standard InChI is InChI=1S/C13H21NO3/c1-14-7-6-11(8-14)12(15)9-2-4-10(5-3-9)13(16)17/h9-11H,2-8H2,1H3,(H,16,17). The summed E-state index contributed by atoms with van der Waals surface area (Å²) in [5.74, 6) is -0.200. The van der Waals surface area contributed by atoms with Gasteiger partial charge in [0.15, 0.2) is 0 Å². The van der Waals surface area contributed by atoms with Gasteiger partial charge in [0, 0.05) is 18.4 Å². The summed E-state index contributed by atoms with van der Waals surface area (Å²) in [5.41, 5.74) is 0. The predicted octanol–water partition coefficient (Wildman–Crippen LogP) is 1.40. The number of nitrogens with zero attached hydrogens (tertiary/aromatic N) is 1. The summed E-state index contributed by atoms with van der Waals surface area (Å²) in [6.45, 7) is 1.90. The molecule has 1 heterocycles. The van der Waals surface area contributed by atoms with E-state index in [1.165, 1.54) is 0 Å². The van der Waals surface area contributed by atoms with E-state index < -0.39 is 5.97 Å². The van der Waals surface area contributed by atoms with Gasteiger partial charge in [-0.1, -0.05) is 0 Å². The first kappa shape index (κ1) is 12.6. The molecule has 1 aliphatic heterocycles. The molecule has 17 heavy (non-hydrogen) atoms. The Morgan fingerprint density at radius 3 is 2.06 bits per heavy atom. The van der Waals surface area contributed by atoms with Crippen LogP contribution in [0.5, 0.6) is 0 Å². The highest BCUT2D eigenvalue weighted by molar-refractivity contribution is 5.84. The number of hydrogen-bond acceptors (Lipinski definition) is 3. The van der Waals surface area contributed by atoms with Crippen LogP contribution in [0.3, 0.4) is 0 Å². The van der Waals surface area contributed by atoms with E-state index in [1.807, 2.05) is 0 Å². The van der Waals surface area contributed by atoms with E-state index in [4.69, 9.17) is 5.11 Å². The molecule has 2 aliphatic rings. The lowest BCUT2D eigenvalue weighted by Crippen LogP contribution is -2.30. The van der Waals surface area contributed by atoms with Crippen LogP contribution in [0.15, 0.2) is 0 Å². The van der Waals surface area contributed by atoms with Crippen LogP contribution in [-0.2, 0) is 9.59 Å². The van der Waals surface area contributed by atoms with Gasteiger partial charge >= 0.3 is 5.97 Å². The fourth-order valence-electron chi connectivity index (χ4n) is 3.13. The molecule has 1 saturated carbocycles. The number of likely N-dealkylation sites (tertiary alicyclic amines) is 1. The number of ketones is 1. The second-order valence-corrected chi connectivity index (χ2v) is 5.54. The van der Waals surface area contributed by atoms with E-state index in [2.05, 4.69) is 11.9 Å². The summed E-state index contributed by atoms with van der Waals surface area (Å²) in [7, 11) is 2.05. The molecule has 0 radical (unpaired) electrons. The lowest BCUT2D eigenvalue weighted by Gasteiger charge is -2.26. The molecule has 1 saturated heterocycles. The van der Waals surface area contributed by atoms with Crippen molar-refractivity contribution in [3.63, 3.8) is 0 Å². The number of rotatable bonds is 3. The number of Topliss-reactive ketones (excluding diaryl/α,β-unsaturated/α-hetero) is 1. The minimum Gasteiger partial charge on any atom is -0.481 e. The van der Waals surface area contributed by atoms with Crippen molar-refractivity contribution < 1.29 is 14.7 Å². The third-order valence-electron chi connectivity index (χ3n) is 4.27. The van der Waals surface area contributed by atoms with Gasteiger partial charge in [0.25, 0.3) is 0 Å². The third kappa shape index (κ3) is 2.86. The monoisotopic (exact) mass is 239 g/mol. The molecule has 0 spiro atoms. The molecule has 1 atom stereocenters. The highest BCUT2D eigenvalue weighted by Crippen LogP contribution is 2.32. The van der Waals surface area contributed by atoms with Crippen LogP contribution in [0.25, 0.3) is 0 Å². The Hall–Kier alpha value is -0.900. The Morgan fingerprint density at radius 1 is 1.00 bits per heavy atom. The van der Waals surface area contributed by atoms with Crippen molar-refractivity contribution in [2.24, 2.45) is 17.8 Å². The number of carboxylic acids is 1. The second-order valence-electron chi connectivity index (χ2n) is 5.54.